The van der Waals surface area contributed by atoms with Gasteiger partial charge in [-0.2, -0.15) is 0 Å². The van der Waals surface area contributed by atoms with E-state index in [9.17, 15) is 13.6 Å². The molecule has 0 saturated heterocycles. The van der Waals surface area contributed by atoms with E-state index >= 15 is 0 Å². The van der Waals surface area contributed by atoms with Crippen molar-refractivity contribution in [3.8, 4) is 0 Å². The Labute approximate surface area is 98.6 Å². The van der Waals surface area contributed by atoms with Gasteiger partial charge in [-0.05, 0) is 19.4 Å². The van der Waals surface area contributed by atoms with Gasteiger partial charge in [-0.15, -0.1) is 0 Å². The third-order valence-corrected chi connectivity index (χ3v) is 2.47. The molecule has 0 radical (unpaired) electrons. The second kappa shape index (κ2) is 5.61. The molecule has 0 aliphatic rings. The summed E-state index contributed by atoms with van der Waals surface area (Å²) in [6, 6.07) is 1.84. The van der Waals surface area contributed by atoms with Crippen molar-refractivity contribution < 1.29 is 18.3 Å². The molecule has 2 N–H and O–H groups in total. The van der Waals surface area contributed by atoms with E-state index in [-0.39, 0.29) is 17.9 Å². The van der Waals surface area contributed by atoms with Gasteiger partial charge in [-0.3, -0.25) is 4.79 Å². The third kappa shape index (κ3) is 2.93. The number of anilines is 1. The fourth-order valence-electron chi connectivity index (χ4n) is 1.60. The Bertz CT molecular complexity index is 421. The highest BCUT2D eigenvalue weighted by atomic mass is 19.1. The first-order valence-electron chi connectivity index (χ1n) is 5.42. The highest BCUT2D eigenvalue weighted by Crippen LogP contribution is 2.27. The number of nitrogens with two attached hydrogens (primary N) is 1. The van der Waals surface area contributed by atoms with E-state index in [1.807, 2.05) is 0 Å². The van der Waals surface area contributed by atoms with E-state index in [1.54, 1.807) is 13.8 Å². The molecule has 1 rings (SSSR count). The van der Waals surface area contributed by atoms with Crippen LogP contribution in [0.5, 0.6) is 0 Å². The fraction of sp³-hybridized carbons (Fsp3) is 0.417. The number of hydrogen-bond acceptors (Lipinski definition) is 3. The van der Waals surface area contributed by atoms with Crippen molar-refractivity contribution in [1.82, 2.24) is 0 Å². The molecule has 0 aliphatic heterocycles. The van der Waals surface area contributed by atoms with Crippen molar-refractivity contribution in [2.45, 2.75) is 26.2 Å². The topological polar surface area (TPSA) is 52.3 Å². The maximum Gasteiger partial charge on any atom is 0.313 e. The summed E-state index contributed by atoms with van der Waals surface area (Å²) in [5.74, 6) is -2.78. The molecule has 5 heteroatoms. The molecule has 3 nitrogen and oxygen atoms in total. The van der Waals surface area contributed by atoms with Crippen LogP contribution in [0, 0.1) is 11.6 Å². The highest BCUT2D eigenvalue weighted by molar-refractivity contribution is 5.78. The lowest BCUT2D eigenvalue weighted by molar-refractivity contribution is -0.145. The van der Waals surface area contributed by atoms with E-state index in [2.05, 4.69) is 0 Å². The fourth-order valence-corrected chi connectivity index (χ4v) is 1.60. The molecule has 0 heterocycles. The summed E-state index contributed by atoms with van der Waals surface area (Å²) in [7, 11) is 0. The minimum atomic E-state index is -0.801. The lowest BCUT2D eigenvalue weighted by Crippen LogP contribution is -2.17. The summed E-state index contributed by atoms with van der Waals surface area (Å²) in [4.78, 5) is 11.6. The molecule has 17 heavy (non-hydrogen) atoms. The van der Waals surface area contributed by atoms with Crippen LogP contribution < -0.4 is 5.73 Å². The molecule has 94 valence electrons. The number of halogens is 2. The van der Waals surface area contributed by atoms with Crippen LogP contribution in [0.3, 0.4) is 0 Å². The summed E-state index contributed by atoms with van der Waals surface area (Å²) in [6.07, 6.45) is 0.332. The molecule has 0 spiro atoms. The Morgan fingerprint density at radius 3 is 2.53 bits per heavy atom. The number of carbonyl (C=O) groups is 1. The zero-order chi connectivity index (χ0) is 13.0. The van der Waals surface area contributed by atoms with Crippen molar-refractivity contribution in [2.75, 3.05) is 12.3 Å². The Morgan fingerprint density at radius 2 is 2.00 bits per heavy atom. The highest BCUT2D eigenvalue weighted by Gasteiger charge is 2.24. The first-order chi connectivity index (χ1) is 8.01. The predicted molar refractivity (Wildman–Crippen MR) is 60.4 cm³/mol. The molecule has 0 saturated carbocycles. The molecule has 1 aromatic rings. The predicted octanol–water partition coefficient (Wildman–Crippen LogP) is 2.60. The number of rotatable bonds is 4. The van der Waals surface area contributed by atoms with E-state index in [4.69, 9.17) is 10.5 Å². The summed E-state index contributed by atoms with van der Waals surface area (Å²) in [6.45, 7) is 3.56. The number of hydrogen-bond donors (Lipinski definition) is 1. The van der Waals surface area contributed by atoms with E-state index < -0.39 is 23.5 Å². The van der Waals surface area contributed by atoms with Gasteiger partial charge in [0.1, 0.15) is 11.6 Å². The molecule has 1 unspecified atom stereocenters. The Balaban J connectivity index is 3.12. The van der Waals surface area contributed by atoms with Crippen molar-refractivity contribution in [3.05, 3.63) is 29.3 Å². The monoisotopic (exact) mass is 243 g/mol. The quantitative estimate of drug-likeness (QED) is 0.653. The number of benzene rings is 1. The SMILES string of the molecule is CCOC(=O)C(CC)c1cc(F)c(N)cc1F. The molecule has 0 bridgehead atoms. The van der Waals surface area contributed by atoms with Crippen molar-refractivity contribution in [3.63, 3.8) is 0 Å². The van der Waals surface area contributed by atoms with Gasteiger partial charge in [-0.1, -0.05) is 6.92 Å². The van der Waals surface area contributed by atoms with Gasteiger partial charge < -0.3 is 10.5 Å². The lowest BCUT2D eigenvalue weighted by atomic mass is 9.95. The van der Waals surface area contributed by atoms with Crippen LogP contribution in [0.25, 0.3) is 0 Å². The second-order valence-corrected chi connectivity index (χ2v) is 3.61. The van der Waals surface area contributed by atoms with Gasteiger partial charge in [0, 0.05) is 11.6 Å². The average molecular weight is 243 g/mol. The van der Waals surface area contributed by atoms with E-state index in [0.29, 0.717) is 6.42 Å². The van der Waals surface area contributed by atoms with Crippen LogP contribution in [0.15, 0.2) is 12.1 Å². The average Bonchev–Trinajstić information content (AvgIpc) is 2.26. The van der Waals surface area contributed by atoms with Crippen LogP contribution in [0.2, 0.25) is 0 Å². The molecule has 1 atom stereocenters. The number of nitrogen functional groups attached to an aromatic ring is 1. The van der Waals surface area contributed by atoms with Gasteiger partial charge in [0.15, 0.2) is 0 Å². The summed E-state index contributed by atoms with van der Waals surface area (Å²) >= 11 is 0. The molecular formula is C12H15F2NO2. The normalized spacial score (nSPS) is 12.2. The standard InChI is InChI=1S/C12H15F2NO2/c1-3-7(12(16)17-4-2)8-5-10(14)11(15)6-9(8)13/h5-7H,3-4,15H2,1-2H3. The molecule has 0 fully saturated rings. The molecule has 0 aliphatic carbocycles. The zero-order valence-electron chi connectivity index (χ0n) is 9.80. The van der Waals surface area contributed by atoms with E-state index in [1.165, 1.54) is 0 Å². The van der Waals surface area contributed by atoms with Crippen molar-refractivity contribution >= 4 is 11.7 Å². The van der Waals surface area contributed by atoms with E-state index in [0.717, 1.165) is 12.1 Å². The summed E-state index contributed by atoms with van der Waals surface area (Å²) < 4.78 is 31.7. The zero-order valence-corrected chi connectivity index (χ0v) is 9.80. The Hall–Kier alpha value is -1.65. The maximum absolute atomic E-state index is 13.6. The van der Waals surface area contributed by atoms with Gasteiger partial charge in [0.05, 0.1) is 18.2 Å². The first-order valence-corrected chi connectivity index (χ1v) is 5.42. The smallest absolute Gasteiger partial charge is 0.313 e. The summed E-state index contributed by atoms with van der Waals surface area (Å²) in [5.41, 5.74) is 4.95. The largest absolute Gasteiger partial charge is 0.466 e. The lowest BCUT2D eigenvalue weighted by Gasteiger charge is -2.15. The second-order valence-electron chi connectivity index (χ2n) is 3.61. The van der Waals surface area contributed by atoms with Crippen LogP contribution in [0.4, 0.5) is 14.5 Å². The minimum absolute atomic E-state index is 0.0161. The van der Waals surface area contributed by atoms with Crippen LogP contribution in [-0.4, -0.2) is 12.6 Å². The van der Waals surface area contributed by atoms with Gasteiger partial charge in [0.2, 0.25) is 0 Å². The maximum atomic E-state index is 13.6. The molecule has 1 aromatic carbocycles. The molecular weight excluding hydrogens is 228 g/mol. The Morgan fingerprint density at radius 1 is 1.35 bits per heavy atom. The first kappa shape index (κ1) is 13.4. The molecule has 0 amide bonds. The van der Waals surface area contributed by atoms with Gasteiger partial charge in [-0.25, -0.2) is 8.78 Å². The third-order valence-electron chi connectivity index (χ3n) is 2.47. The minimum Gasteiger partial charge on any atom is -0.466 e. The summed E-state index contributed by atoms with van der Waals surface area (Å²) in [5, 5.41) is 0. The van der Waals surface area contributed by atoms with Gasteiger partial charge in [0.25, 0.3) is 0 Å². The van der Waals surface area contributed by atoms with Crippen LogP contribution in [0.1, 0.15) is 31.7 Å². The Kier molecular flexibility index (Phi) is 4.43. The van der Waals surface area contributed by atoms with Gasteiger partial charge >= 0.3 is 5.97 Å². The molecule has 0 aromatic heterocycles. The van der Waals surface area contributed by atoms with Crippen LogP contribution >= 0.6 is 0 Å². The number of ether oxygens (including phenoxy) is 1. The number of esters is 1. The van der Waals surface area contributed by atoms with Crippen molar-refractivity contribution in [2.24, 2.45) is 0 Å². The van der Waals surface area contributed by atoms with Crippen molar-refractivity contribution in [1.29, 1.82) is 0 Å². The number of carbonyl (C=O) groups excluding carboxylic acids is 1. The van der Waals surface area contributed by atoms with Crippen LogP contribution in [-0.2, 0) is 9.53 Å².